The Morgan fingerprint density at radius 1 is 0.632 bits per heavy atom. The molecule has 112 valence electrons. The zero-order valence-electron chi connectivity index (χ0n) is 11.8. The molecule has 0 aromatic heterocycles. The van der Waals surface area contributed by atoms with Gasteiger partial charge in [0.25, 0.3) is 0 Å². The van der Waals surface area contributed by atoms with Crippen LogP contribution in [0.3, 0.4) is 0 Å². The van der Waals surface area contributed by atoms with Gasteiger partial charge in [-0.3, -0.25) is 9.80 Å². The smallest absolute Gasteiger partial charge is 0.0136 e. The minimum atomic E-state index is 0. The molecule has 4 rings (SSSR count). The van der Waals surface area contributed by atoms with E-state index in [0.29, 0.717) is 0 Å². The largest absolute Gasteiger partial charge is 0.300 e. The summed E-state index contributed by atoms with van der Waals surface area (Å²) in [6.07, 6.45) is 10.5. The molecule has 4 atom stereocenters. The van der Waals surface area contributed by atoms with Gasteiger partial charge in [-0.1, -0.05) is 12.8 Å². The van der Waals surface area contributed by atoms with Crippen molar-refractivity contribution in [2.45, 2.75) is 57.0 Å². The highest BCUT2D eigenvalue weighted by molar-refractivity contribution is 5.85. The van der Waals surface area contributed by atoms with E-state index < -0.39 is 0 Å². The van der Waals surface area contributed by atoms with Gasteiger partial charge in [-0.25, -0.2) is 0 Å². The van der Waals surface area contributed by atoms with Gasteiger partial charge in [0.15, 0.2) is 0 Å². The number of halogens is 2. The third-order valence-electron chi connectivity index (χ3n) is 5.96. The van der Waals surface area contributed by atoms with Gasteiger partial charge in [-0.05, 0) is 57.0 Å². The first-order valence-electron chi connectivity index (χ1n) is 7.90. The number of hydrogen-bond donors (Lipinski definition) is 0. The quantitative estimate of drug-likeness (QED) is 0.678. The number of piperidine rings is 4. The van der Waals surface area contributed by atoms with E-state index in [1.807, 2.05) is 0 Å². The molecular formula is C15H28Cl2N2. The Morgan fingerprint density at radius 3 is 1.58 bits per heavy atom. The standard InChI is InChI=1S/C15H26N2.2ClH/c1-3-7-16-11-13-9-12(14(16)5-1)10-17-8-4-2-6-15(13)17;;/h12-15H,1-11H2;2*1H/t12-,13+,14-,15-;;/m1../s1. The fourth-order valence-corrected chi connectivity index (χ4v) is 5.25. The van der Waals surface area contributed by atoms with E-state index in [1.54, 1.807) is 6.42 Å². The second-order valence-electron chi connectivity index (χ2n) is 6.87. The second-order valence-corrected chi connectivity index (χ2v) is 6.87. The predicted molar refractivity (Wildman–Crippen MR) is 84.5 cm³/mol. The molecule has 0 aliphatic carbocycles. The Morgan fingerprint density at radius 2 is 1.11 bits per heavy atom. The van der Waals surface area contributed by atoms with Crippen LogP contribution in [0.5, 0.6) is 0 Å². The molecule has 0 amide bonds. The molecule has 0 spiro atoms. The summed E-state index contributed by atoms with van der Waals surface area (Å²) in [5.74, 6) is 2.03. The molecule has 4 heterocycles. The third kappa shape index (κ3) is 2.79. The van der Waals surface area contributed by atoms with E-state index >= 15 is 0 Å². The van der Waals surface area contributed by atoms with E-state index in [9.17, 15) is 0 Å². The van der Waals surface area contributed by atoms with Crippen molar-refractivity contribution >= 4 is 24.8 Å². The van der Waals surface area contributed by atoms with Crippen LogP contribution in [0.2, 0.25) is 0 Å². The highest BCUT2D eigenvalue weighted by Crippen LogP contribution is 2.42. The maximum Gasteiger partial charge on any atom is 0.0136 e. The minimum absolute atomic E-state index is 0. The van der Waals surface area contributed by atoms with E-state index in [4.69, 9.17) is 0 Å². The first-order chi connectivity index (χ1) is 8.42. The first-order valence-corrected chi connectivity index (χ1v) is 7.90. The van der Waals surface area contributed by atoms with Crippen molar-refractivity contribution in [3.05, 3.63) is 0 Å². The molecule has 2 bridgehead atoms. The van der Waals surface area contributed by atoms with Gasteiger partial charge in [0.2, 0.25) is 0 Å². The number of rotatable bonds is 0. The number of fused-ring (bicyclic) bond motifs is 6. The van der Waals surface area contributed by atoms with E-state index in [-0.39, 0.29) is 24.8 Å². The highest BCUT2D eigenvalue weighted by Gasteiger charge is 2.46. The maximum atomic E-state index is 2.87. The average Bonchev–Trinajstić information content (AvgIpc) is 2.39. The monoisotopic (exact) mass is 306 g/mol. The highest BCUT2D eigenvalue weighted by atomic mass is 35.5. The van der Waals surface area contributed by atoms with E-state index in [2.05, 4.69) is 9.80 Å². The Bertz CT molecular complexity index is 272. The van der Waals surface area contributed by atoms with E-state index in [0.717, 1.165) is 23.9 Å². The van der Waals surface area contributed by atoms with Gasteiger partial charge in [0.05, 0.1) is 0 Å². The lowest BCUT2D eigenvalue weighted by atomic mass is 9.71. The van der Waals surface area contributed by atoms with Crippen LogP contribution in [-0.4, -0.2) is 48.1 Å². The lowest BCUT2D eigenvalue weighted by Gasteiger charge is -2.57. The van der Waals surface area contributed by atoms with Crippen molar-refractivity contribution < 1.29 is 0 Å². The molecule has 19 heavy (non-hydrogen) atoms. The maximum absolute atomic E-state index is 2.87. The normalized spacial score (nSPS) is 42.3. The molecule has 0 radical (unpaired) electrons. The summed E-state index contributed by atoms with van der Waals surface area (Å²) in [6.45, 7) is 5.68. The fraction of sp³-hybridized carbons (Fsp3) is 1.00. The summed E-state index contributed by atoms with van der Waals surface area (Å²) < 4.78 is 0. The van der Waals surface area contributed by atoms with Crippen LogP contribution in [0, 0.1) is 11.8 Å². The summed E-state index contributed by atoms with van der Waals surface area (Å²) in [7, 11) is 0. The molecule has 2 nitrogen and oxygen atoms in total. The summed E-state index contributed by atoms with van der Waals surface area (Å²) in [4.78, 5) is 5.74. The zero-order chi connectivity index (χ0) is 11.2. The molecule has 0 unspecified atom stereocenters. The van der Waals surface area contributed by atoms with Gasteiger partial charge in [0, 0.05) is 25.2 Å². The summed E-state index contributed by atoms with van der Waals surface area (Å²) in [5, 5.41) is 0. The van der Waals surface area contributed by atoms with Crippen LogP contribution in [0.1, 0.15) is 44.9 Å². The van der Waals surface area contributed by atoms with Crippen molar-refractivity contribution in [2.75, 3.05) is 26.2 Å². The third-order valence-corrected chi connectivity index (χ3v) is 5.96. The molecule has 4 aliphatic rings. The molecular weight excluding hydrogens is 279 g/mol. The van der Waals surface area contributed by atoms with Crippen LogP contribution >= 0.6 is 24.8 Å². The zero-order valence-corrected chi connectivity index (χ0v) is 13.4. The number of nitrogens with zero attached hydrogens (tertiary/aromatic N) is 2. The summed E-state index contributed by atoms with van der Waals surface area (Å²) in [5.41, 5.74) is 0. The Kier molecular flexibility index (Phi) is 5.44. The molecule has 0 N–H and O–H groups in total. The molecule has 0 aromatic rings. The van der Waals surface area contributed by atoms with Crippen molar-refractivity contribution in [1.29, 1.82) is 0 Å². The lowest BCUT2D eigenvalue weighted by Crippen LogP contribution is -2.63. The van der Waals surface area contributed by atoms with Crippen LogP contribution in [0.25, 0.3) is 0 Å². The van der Waals surface area contributed by atoms with Crippen molar-refractivity contribution in [2.24, 2.45) is 11.8 Å². The Labute approximate surface area is 130 Å². The topological polar surface area (TPSA) is 6.48 Å². The van der Waals surface area contributed by atoms with Crippen LogP contribution < -0.4 is 0 Å². The summed E-state index contributed by atoms with van der Waals surface area (Å²) >= 11 is 0. The SMILES string of the molecule is C1CCN2C[C@@H]3C[C@H](CN4CCCC[C@H]34)[C@H]2C1.Cl.Cl. The van der Waals surface area contributed by atoms with Crippen molar-refractivity contribution in [3.63, 3.8) is 0 Å². The molecule has 0 aromatic carbocycles. The molecule has 4 saturated heterocycles. The summed E-state index contributed by atoms with van der Waals surface area (Å²) in [6, 6.07) is 1.92. The van der Waals surface area contributed by atoms with Crippen molar-refractivity contribution in [1.82, 2.24) is 9.80 Å². The Balaban J connectivity index is 0.000000667. The minimum Gasteiger partial charge on any atom is -0.300 e. The van der Waals surface area contributed by atoms with Gasteiger partial charge >= 0.3 is 0 Å². The Hall–Kier alpha value is 0.500. The predicted octanol–water partition coefficient (Wildman–Crippen LogP) is 3.19. The van der Waals surface area contributed by atoms with Crippen molar-refractivity contribution in [3.8, 4) is 0 Å². The van der Waals surface area contributed by atoms with Crippen LogP contribution in [0.4, 0.5) is 0 Å². The van der Waals surface area contributed by atoms with Crippen LogP contribution in [0.15, 0.2) is 0 Å². The van der Waals surface area contributed by atoms with Gasteiger partial charge in [0.1, 0.15) is 0 Å². The first kappa shape index (κ1) is 15.9. The molecule has 4 aliphatic heterocycles. The molecule has 4 heteroatoms. The average molecular weight is 307 g/mol. The molecule has 4 fully saturated rings. The second kappa shape index (κ2) is 6.51. The van der Waals surface area contributed by atoms with Crippen LogP contribution in [-0.2, 0) is 0 Å². The van der Waals surface area contributed by atoms with Gasteiger partial charge < -0.3 is 0 Å². The molecule has 0 saturated carbocycles. The van der Waals surface area contributed by atoms with E-state index in [1.165, 1.54) is 64.7 Å². The number of hydrogen-bond acceptors (Lipinski definition) is 2. The van der Waals surface area contributed by atoms with Gasteiger partial charge in [-0.2, -0.15) is 0 Å². The van der Waals surface area contributed by atoms with Gasteiger partial charge in [-0.15, -0.1) is 24.8 Å². The fourth-order valence-electron chi connectivity index (χ4n) is 5.25. The lowest BCUT2D eigenvalue weighted by molar-refractivity contribution is -0.0718.